The maximum Gasteiger partial charge on any atom is 0.222 e. The average Bonchev–Trinajstić information content (AvgIpc) is 3.02. The zero-order valence-corrected chi connectivity index (χ0v) is 11.7. The fourth-order valence-electron chi connectivity index (χ4n) is 3.00. The lowest BCUT2D eigenvalue weighted by atomic mass is 9.88. The number of nitrogens with one attached hydrogen (secondary N) is 1. The monoisotopic (exact) mass is 271 g/mol. The number of halogens is 1. The summed E-state index contributed by atoms with van der Waals surface area (Å²) in [6.45, 7) is 5.30. The van der Waals surface area contributed by atoms with Crippen molar-refractivity contribution in [2.75, 3.05) is 11.9 Å². The van der Waals surface area contributed by atoms with Crippen LogP contribution in [-0.4, -0.2) is 16.5 Å². The van der Waals surface area contributed by atoms with Crippen molar-refractivity contribution in [3.63, 3.8) is 0 Å². The van der Waals surface area contributed by atoms with Crippen molar-refractivity contribution in [3.05, 3.63) is 54.1 Å². The van der Waals surface area contributed by atoms with Gasteiger partial charge in [0.2, 0.25) is 5.95 Å². The van der Waals surface area contributed by atoms with Crippen LogP contribution in [0.25, 0.3) is 0 Å². The molecule has 0 bridgehead atoms. The number of anilines is 1. The molecule has 0 aliphatic heterocycles. The molecule has 0 amide bonds. The van der Waals surface area contributed by atoms with Crippen molar-refractivity contribution in [1.29, 1.82) is 0 Å². The van der Waals surface area contributed by atoms with E-state index >= 15 is 0 Å². The summed E-state index contributed by atoms with van der Waals surface area (Å²) in [5.74, 6) is 0.0597. The van der Waals surface area contributed by atoms with Crippen LogP contribution in [0, 0.1) is 11.2 Å². The number of benzene rings is 1. The van der Waals surface area contributed by atoms with Crippen LogP contribution in [0.15, 0.2) is 42.7 Å². The highest BCUT2D eigenvalue weighted by atomic mass is 19.1. The molecule has 1 aliphatic carbocycles. The van der Waals surface area contributed by atoms with E-state index in [0.717, 1.165) is 13.0 Å². The molecule has 0 radical (unpaired) electrons. The molecule has 104 valence electrons. The minimum Gasteiger partial charge on any atom is -0.353 e. The molecule has 1 unspecified atom stereocenters. The topological polar surface area (TPSA) is 37.8 Å². The molecule has 1 aromatic carbocycles. The average molecular weight is 271 g/mol. The van der Waals surface area contributed by atoms with E-state index in [4.69, 9.17) is 0 Å². The van der Waals surface area contributed by atoms with Crippen LogP contribution in [0.5, 0.6) is 0 Å². The quantitative estimate of drug-likeness (QED) is 0.926. The van der Waals surface area contributed by atoms with Crippen molar-refractivity contribution < 1.29 is 4.39 Å². The van der Waals surface area contributed by atoms with E-state index < -0.39 is 5.82 Å². The molecule has 2 aromatic rings. The number of hydrogen-bond donors (Lipinski definition) is 1. The predicted molar refractivity (Wildman–Crippen MR) is 77.0 cm³/mol. The van der Waals surface area contributed by atoms with Gasteiger partial charge in [0.1, 0.15) is 0 Å². The van der Waals surface area contributed by atoms with Gasteiger partial charge in [0.15, 0.2) is 5.82 Å². The van der Waals surface area contributed by atoms with Gasteiger partial charge < -0.3 is 5.32 Å². The van der Waals surface area contributed by atoms with E-state index in [0.29, 0.717) is 5.95 Å². The fourth-order valence-corrected chi connectivity index (χ4v) is 3.00. The molecule has 1 fully saturated rings. The maximum absolute atomic E-state index is 12.8. The van der Waals surface area contributed by atoms with Crippen molar-refractivity contribution in [2.45, 2.75) is 25.7 Å². The third-order valence-corrected chi connectivity index (χ3v) is 4.41. The number of aromatic nitrogens is 2. The Kier molecular flexibility index (Phi) is 2.96. The third kappa shape index (κ3) is 2.15. The molecule has 1 N–H and O–H groups in total. The summed E-state index contributed by atoms with van der Waals surface area (Å²) in [6, 6.07) is 10.5. The number of rotatable bonds is 4. The minimum absolute atomic E-state index is 0.103. The Morgan fingerprint density at radius 2 is 1.75 bits per heavy atom. The highest BCUT2D eigenvalue weighted by Crippen LogP contribution is 2.64. The molecule has 3 nitrogen and oxygen atoms in total. The summed E-state index contributed by atoms with van der Waals surface area (Å²) < 4.78 is 12.8. The minimum atomic E-state index is -0.417. The number of hydrogen-bond acceptors (Lipinski definition) is 3. The fraction of sp³-hybridized carbons (Fsp3) is 0.375. The summed E-state index contributed by atoms with van der Waals surface area (Å²) in [5.41, 5.74) is 1.69. The van der Waals surface area contributed by atoms with Gasteiger partial charge >= 0.3 is 0 Å². The maximum atomic E-state index is 12.8. The lowest BCUT2D eigenvalue weighted by molar-refractivity contribution is 0.511. The summed E-state index contributed by atoms with van der Waals surface area (Å²) >= 11 is 0. The Labute approximate surface area is 118 Å². The second-order valence-electron chi connectivity index (χ2n) is 6.09. The van der Waals surface area contributed by atoms with E-state index in [1.54, 1.807) is 0 Å². The Balaban J connectivity index is 1.79. The van der Waals surface area contributed by atoms with Crippen LogP contribution in [0.4, 0.5) is 10.3 Å². The third-order valence-electron chi connectivity index (χ3n) is 4.41. The zero-order chi connectivity index (χ0) is 14.2. The van der Waals surface area contributed by atoms with Crippen LogP contribution >= 0.6 is 0 Å². The van der Waals surface area contributed by atoms with E-state index in [-0.39, 0.29) is 10.8 Å². The first kappa shape index (κ1) is 13.0. The van der Waals surface area contributed by atoms with Crippen LogP contribution in [-0.2, 0) is 5.41 Å². The van der Waals surface area contributed by atoms with Crippen LogP contribution in [0.1, 0.15) is 25.8 Å². The molecule has 1 atom stereocenters. The second kappa shape index (κ2) is 4.54. The molecule has 1 aromatic heterocycles. The Morgan fingerprint density at radius 1 is 1.15 bits per heavy atom. The smallest absolute Gasteiger partial charge is 0.222 e. The van der Waals surface area contributed by atoms with Gasteiger partial charge in [-0.05, 0) is 17.4 Å². The number of nitrogens with zero attached hydrogens (tertiary/aromatic N) is 2. The van der Waals surface area contributed by atoms with Gasteiger partial charge in [0.05, 0.1) is 12.4 Å². The Hall–Kier alpha value is -1.97. The molecular weight excluding hydrogens is 253 g/mol. The van der Waals surface area contributed by atoms with Gasteiger partial charge in [-0.2, -0.15) is 0 Å². The van der Waals surface area contributed by atoms with Crippen molar-refractivity contribution in [3.8, 4) is 0 Å². The van der Waals surface area contributed by atoms with Crippen molar-refractivity contribution in [1.82, 2.24) is 9.97 Å². The molecule has 1 saturated carbocycles. The summed E-state index contributed by atoms with van der Waals surface area (Å²) in [6.07, 6.45) is 3.49. The highest BCUT2D eigenvalue weighted by Gasteiger charge is 2.61. The van der Waals surface area contributed by atoms with Crippen LogP contribution < -0.4 is 5.32 Å². The van der Waals surface area contributed by atoms with Crippen molar-refractivity contribution >= 4 is 5.95 Å². The molecule has 20 heavy (non-hydrogen) atoms. The molecule has 1 heterocycles. The standard InChI is InChI=1S/C16H18FN3/c1-15(2)10-16(15,12-6-4-3-5-7-12)11-20-14-18-8-13(17)9-19-14/h3-9H,10-11H2,1-2H3,(H,18,19,20). The van der Waals surface area contributed by atoms with E-state index in [2.05, 4.69) is 53.4 Å². The molecule has 3 rings (SSSR count). The van der Waals surface area contributed by atoms with E-state index in [9.17, 15) is 4.39 Å². The lowest BCUT2D eigenvalue weighted by Gasteiger charge is -2.21. The van der Waals surface area contributed by atoms with Gasteiger partial charge in [-0.3, -0.25) is 0 Å². The van der Waals surface area contributed by atoms with Gasteiger partial charge in [-0.25, -0.2) is 14.4 Å². The summed E-state index contributed by atoms with van der Waals surface area (Å²) in [5, 5.41) is 3.24. The molecule has 0 saturated heterocycles. The first-order valence-corrected chi connectivity index (χ1v) is 6.80. The van der Waals surface area contributed by atoms with Gasteiger partial charge in [0.25, 0.3) is 0 Å². The first-order chi connectivity index (χ1) is 9.53. The highest BCUT2D eigenvalue weighted by molar-refractivity contribution is 5.40. The lowest BCUT2D eigenvalue weighted by Crippen LogP contribution is -2.25. The van der Waals surface area contributed by atoms with Gasteiger partial charge in [-0.1, -0.05) is 44.2 Å². The SMILES string of the molecule is CC1(C)CC1(CNc1ncc(F)cn1)c1ccccc1. The second-order valence-corrected chi connectivity index (χ2v) is 6.09. The van der Waals surface area contributed by atoms with Gasteiger partial charge in [-0.15, -0.1) is 0 Å². The van der Waals surface area contributed by atoms with E-state index in [1.807, 2.05) is 6.07 Å². The summed E-state index contributed by atoms with van der Waals surface area (Å²) in [4.78, 5) is 7.91. The zero-order valence-electron chi connectivity index (χ0n) is 11.7. The Bertz CT molecular complexity index is 595. The normalized spacial score (nSPS) is 23.4. The van der Waals surface area contributed by atoms with Gasteiger partial charge in [0, 0.05) is 12.0 Å². The molecule has 4 heteroatoms. The van der Waals surface area contributed by atoms with Crippen LogP contribution in [0.2, 0.25) is 0 Å². The summed E-state index contributed by atoms with van der Waals surface area (Å²) in [7, 11) is 0. The predicted octanol–water partition coefficient (Wildman–Crippen LogP) is 3.40. The molecule has 1 aliphatic rings. The molecule has 0 spiro atoms. The van der Waals surface area contributed by atoms with E-state index in [1.165, 1.54) is 18.0 Å². The van der Waals surface area contributed by atoms with Crippen LogP contribution in [0.3, 0.4) is 0 Å². The van der Waals surface area contributed by atoms with Crippen molar-refractivity contribution in [2.24, 2.45) is 5.41 Å². The largest absolute Gasteiger partial charge is 0.353 e. The Morgan fingerprint density at radius 3 is 2.30 bits per heavy atom. The molecular formula is C16H18FN3. The first-order valence-electron chi connectivity index (χ1n) is 6.80.